The molecule has 2 N–H and O–H groups in total. The van der Waals surface area contributed by atoms with Crippen molar-refractivity contribution in [3.63, 3.8) is 0 Å². The Morgan fingerprint density at radius 2 is 1.97 bits per heavy atom. The highest BCUT2D eigenvalue weighted by Gasteiger charge is 2.55. The number of nitrogens with zero attached hydrogens (tertiary/aromatic N) is 3. The zero-order valence-corrected chi connectivity index (χ0v) is 19.1. The Balaban J connectivity index is 1.60. The van der Waals surface area contributed by atoms with E-state index in [0.29, 0.717) is 12.1 Å². The lowest BCUT2D eigenvalue weighted by atomic mass is 9.55. The summed E-state index contributed by atoms with van der Waals surface area (Å²) < 4.78 is 11.5. The molecule has 8 nitrogen and oxygen atoms in total. The molecular weight excluding hydrogens is 382 g/mol. The van der Waals surface area contributed by atoms with Crippen molar-refractivity contribution in [2.75, 3.05) is 66.6 Å². The lowest BCUT2D eigenvalue weighted by Crippen LogP contribution is -2.66. The smallest absolute Gasteiger partial charge is 0.243 e. The molecule has 3 rings (SSSR count). The summed E-state index contributed by atoms with van der Waals surface area (Å²) in [7, 11) is 3.54. The van der Waals surface area contributed by atoms with E-state index in [0.717, 1.165) is 58.4 Å². The molecule has 0 radical (unpaired) electrons. The van der Waals surface area contributed by atoms with Gasteiger partial charge in [-0.15, -0.1) is 0 Å². The average molecular weight is 424 g/mol. The Hall–Kier alpha value is -1.38. The van der Waals surface area contributed by atoms with Crippen LogP contribution < -0.4 is 10.6 Å². The Morgan fingerprint density at radius 1 is 1.23 bits per heavy atom. The molecule has 2 unspecified atom stereocenters. The molecule has 1 saturated heterocycles. The van der Waals surface area contributed by atoms with Gasteiger partial charge < -0.3 is 25.0 Å². The molecule has 2 aliphatic carbocycles. The van der Waals surface area contributed by atoms with Gasteiger partial charge in [-0.1, -0.05) is 19.3 Å². The predicted octanol–water partition coefficient (Wildman–Crippen LogP) is 1.07. The van der Waals surface area contributed by atoms with Crippen molar-refractivity contribution in [2.45, 2.75) is 57.6 Å². The van der Waals surface area contributed by atoms with Crippen LogP contribution >= 0.6 is 0 Å². The third-order valence-electron chi connectivity index (χ3n) is 6.94. The van der Waals surface area contributed by atoms with Gasteiger partial charge >= 0.3 is 0 Å². The van der Waals surface area contributed by atoms with Crippen LogP contribution in [0.5, 0.6) is 0 Å². The molecule has 1 heterocycles. The lowest BCUT2D eigenvalue weighted by molar-refractivity contribution is -0.145. The number of ether oxygens (including phenoxy) is 2. The molecule has 0 aromatic carbocycles. The van der Waals surface area contributed by atoms with E-state index in [1.54, 1.807) is 19.0 Å². The quantitative estimate of drug-likeness (QED) is 0.449. The number of aliphatic imine (C=N–C) groups is 1. The van der Waals surface area contributed by atoms with Crippen molar-refractivity contribution in [3.05, 3.63) is 0 Å². The van der Waals surface area contributed by atoms with Gasteiger partial charge in [0.2, 0.25) is 5.91 Å². The van der Waals surface area contributed by atoms with Gasteiger partial charge in [-0.3, -0.25) is 9.69 Å². The van der Waals surface area contributed by atoms with Gasteiger partial charge in [-0.05, 0) is 26.2 Å². The van der Waals surface area contributed by atoms with Crippen LogP contribution in [-0.4, -0.2) is 100 Å². The number of nitrogens with one attached hydrogen (secondary N) is 2. The second-order valence-corrected chi connectivity index (χ2v) is 9.00. The Labute approximate surface area is 181 Å². The maximum atomic E-state index is 12.1. The Morgan fingerprint density at radius 3 is 2.63 bits per heavy atom. The molecule has 0 aromatic heterocycles. The van der Waals surface area contributed by atoms with E-state index in [9.17, 15) is 4.79 Å². The van der Waals surface area contributed by atoms with E-state index >= 15 is 0 Å². The van der Waals surface area contributed by atoms with E-state index in [-0.39, 0.29) is 17.9 Å². The average Bonchev–Trinajstić information content (AvgIpc) is 2.77. The predicted molar refractivity (Wildman–Crippen MR) is 119 cm³/mol. The second kappa shape index (κ2) is 11.3. The van der Waals surface area contributed by atoms with Crippen molar-refractivity contribution in [1.82, 2.24) is 20.4 Å². The Kier molecular flexibility index (Phi) is 8.77. The molecule has 30 heavy (non-hydrogen) atoms. The van der Waals surface area contributed by atoms with Crippen LogP contribution in [-0.2, 0) is 14.3 Å². The number of hydrogen-bond donors (Lipinski definition) is 2. The highest BCUT2D eigenvalue weighted by atomic mass is 16.5. The zero-order chi connectivity index (χ0) is 21.4. The van der Waals surface area contributed by atoms with Crippen LogP contribution in [0.1, 0.15) is 45.4 Å². The molecule has 0 bridgehead atoms. The van der Waals surface area contributed by atoms with Crippen molar-refractivity contribution >= 4 is 11.9 Å². The number of amides is 1. The second-order valence-electron chi connectivity index (χ2n) is 9.00. The fraction of sp³-hybridized carbons (Fsp3) is 0.909. The summed E-state index contributed by atoms with van der Waals surface area (Å²) in [6, 6.07) is 0.360. The highest BCUT2D eigenvalue weighted by molar-refractivity contribution is 5.85. The van der Waals surface area contributed by atoms with Gasteiger partial charge in [0.1, 0.15) is 6.54 Å². The van der Waals surface area contributed by atoms with Gasteiger partial charge in [0.05, 0.1) is 19.3 Å². The minimum absolute atomic E-state index is 0.0115. The number of rotatable bonds is 8. The minimum atomic E-state index is 0.0115. The van der Waals surface area contributed by atoms with E-state index in [1.165, 1.54) is 32.1 Å². The number of carbonyl (C=O) groups excluding carboxylic acids is 1. The lowest BCUT2D eigenvalue weighted by Gasteiger charge is -2.58. The first-order chi connectivity index (χ1) is 14.5. The van der Waals surface area contributed by atoms with Crippen LogP contribution in [0.25, 0.3) is 0 Å². The fourth-order valence-electron chi connectivity index (χ4n) is 5.03. The first-order valence-corrected chi connectivity index (χ1v) is 11.7. The highest BCUT2D eigenvalue weighted by Crippen LogP contribution is 2.53. The summed E-state index contributed by atoms with van der Waals surface area (Å²) in [5, 5.41) is 7.15. The van der Waals surface area contributed by atoms with Gasteiger partial charge in [0.25, 0.3) is 0 Å². The molecule has 172 valence electrons. The summed E-state index contributed by atoms with van der Waals surface area (Å²) in [5.41, 5.74) is 0.215. The molecule has 1 amide bonds. The molecule has 1 aliphatic heterocycles. The normalized spacial score (nSPS) is 26.8. The minimum Gasteiger partial charge on any atom is -0.379 e. The molecule has 2 saturated carbocycles. The maximum absolute atomic E-state index is 12.1. The summed E-state index contributed by atoms with van der Waals surface area (Å²) in [6.45, 7) is 8.33. The van der Waals surface area contributed by atoms with Crippen molar-refractivity contribution < 1.29 is 14.3 Å². The van der Waals surface area contributed by atoms with Crippen LogP contribution in [0.3, 0.4) is 0 Å². The van der Waals surface area contributed by atoms with Crippen LogP contribution in [0.2, 0.25) is 0 Å². The number of carbonyl (C=O) groups is 1. The molecule has 1 spiro atoms. The van der Waals surface area contributed by atoms with Gasteiger partial charge in [-0.2, -0.15) is 0 Å². The van der Waals surface area contributed by atoms with Crippen molar-refractivity contribution in [3.8, 4) is 0 Å². The van der Waals surface area contributed by atoms with Crippen molar-refractivity contribution in [2.24, 2.45) is 10.4 Å². The standard InChI is InChI=1S/C22H41N5O3/c1-4-30-19-16-18(22(19)8-6-5-7-9-22)25-21(24-17-20(28)26(2)3)23-10-11-27-12-14-29-15-13-27/h18-19H,4-17H2,1-3H3,(H2,23,24,25). The number of morpholine rings is 1. The first kappa shape index (κ1) is 23.3. The first-order valence-electron chi connectivity index (χ1n) is 11.7. The molecule has 3 fully saturated rings. The van der Waals surface area contributed by atoms with Gasteiger partial charge in [-0.25, -0.2) is 4.99 Å². The van der Waals surface area contributed by atoms with E-state index in [4.69, 9.17) is 9.47 Å². The monoisotopic (exact) mass is 423 g/mol. The zero-order valence-electron chi connectivity index (χ0n) is 19.1. The summed E-state index contributed by atoms with van der Waals surface area (Å²) >= 11 is 0. The van der Waals surface area contributed by atoms with Crippen LogP contribution in [0.15, 0.2) is 4.99 Å². The third-order valence-corrected chi connectivity index (χ3v) is 6.94. The summed E-state index contributed by atoms with van der Waals surface area (Å²) in [5.74, 6) is 0.765. The van der Waals surface area contributed by atoms with E-state index < -0.39 is 0 Å². The van der Waals surface area contributed by atoms with Gasteiger partial charge in [0, 0.05) is 58.3 Å². The SMILES string of the molecule is CCOC1CC(NC(=NCC(=O)N(C)C)NCCN2CCOCC2)C12CCCCC2. The molecule has 0 aromatic rings. The topological polar surface area (TPSA) is 78.4 Å². The van der Waals surface area contributed by atoms with Crippen LogP contribution in [0, 0.1) is 5.41 Å². The third kappa shape index (κ3) is 5.86. The number of likely N-dealkylation sites (N-methyl/N-ethyl adjacent to an activating group) is 1. The fourth-order valence-corrected chi connectivity index (χ4v) is 5.03. The molecule has 3 aliphatic rings. The number of hydrogen-bond acceptors (Lipinski definition) is 5. The summed E-state index contributed by atoms with van der Waals surface area (Å²) in [6.07, 6.45) is 7.66. The molecular formula is C22H41N5O3. The van der Waals surface area contributed by atoms with Crippen LogP contribution in [0.4, 0.5) is 0 Å². The summed E-state index contributed by atoms with van der Waals surface area (Å²) in [4.78, 5) is 20.7. The van der Waals surface area contributed by atoms with Gasteiger partial charge in [0.15, 0.2) is 5.96 Å². The maximum Gasteiger partial charge on any atom is 0.243 e. The van der Waals surface area contributed by atoms with E-state index in [1.807, 2.05) is 0 Å². The Bertz CT molecular complexity index is 571. The number of guanidine groups is 1. The van der Waals surface area contributed by atoms with E-state index in [2.05, 4.69) is 27.4 Å². The largest absolute Gasteiger partial charge is 0.379 e. The molecule has 2 atom stereocenters. The molecule has 8 heteroatoms. The van der Waals surface area contributed by atoms with Crippen molar-refractivity contribution in [1.29, 1.82) is 0 Å².